The fourth-order valence-electron chi connectivity index (χ4n) is 2.72. The van der Waals surface area contributed by atoms with Crippen molar-refractivity contribution < 1.29 is 19.0 Å². The van der Waals surface area contributed by atoms with Crippen molar-refractivity contribution in [2.75, 3.05) is 13.7 Å². The Morgan fingerprint density at radius 2 is 2.16 bits per heavy atom. The minimum Gasteiger partial charge on any atom is -0.496 e. The molecule has 4 nitrogen and oxygen atoms in total. The highest BCUT2D eigenvalue weighted by Gasteiger charge is 2.30. The lowest BCUT2D eigenvalue weighted by Gasteiger charge is -2.23. The summed E-state index contributed by atoms with van der Waals surface area (Å²) in [6.45, 7) is 2.03. The molecule has 3 rings (SSSR count). The van der Waals surface area contributed by atoms with E-state index >= 15 is 0 Å². The van der Waals surface area contributed by atoms with Crippen molar-refractivity contribution >= 4 is 11.7 Å². The maximum atomic E-state index is 11.7. The van der Waals surface area contributed by atoms with Crippen molar-refractivity contribution in [2.45, 2.75) is 26.2 Å². The van der Waals surface area contributed by atoms with Gasteiger partial charge in [-0.15, -0.1) is 0 Å². The second-order valence-corrected chi connectivity index (χ2v) is 4.67. The van der Waals surface area contributed by atoms with Gasteiger partial charge in [0.05, 0.1) is 12.7 Å². The van der Waals surface area contributed by atoms with Gasteiger partial charge in [-0.25, -0.2) is 4.79 Å². The SMILES string of the molecule is CCC1=C2OC(=O)COc3ccc(OC)c(c32)CC1. The van der Waals surface area contributed by atoms with Gasteiger partial charge in [0.25, 0.3) is 0 Å². The van der Waals surface area contributed by atoms with Crippen LogP contribution in [-0.4, -0.2) is 19.7 Å². The van der Waals surface area contributed by atoms with Gasteiger partial charge in [0.1, 0.15) is 17.3 Å². The number of ether oxygens (including phenoxy) is 3. The first-order chi connectivity index (χ1) is 9.24. The molecule has 100 valence electrons. The summed E-state index contributed by atoms with van der Waals surface area (Å²) in [5, 5.41) is 0. The number of methoxy groups -OCH3 is 1. The molecule has 1 aromatic carbocycles. The van der Waals surface area contributed by atoms with E-state index in [1.165, 1.54) is 5.57 Å². The van der Waals surface area contributed by atoms with E-state index in [1.54, 1.807) is 7.11 Å². The molecule has 0 bridgehead atoms. The van der Waals surface area contributed by atoms with Crippen LogP contribution in [-0.2, 0) is 16.0 Å². The third-order valence-electron chi connectivity index (χ3n) is 3.66. The normalized spacial score (nSPS) is 17.3. The molecule has 0 spiro atoms. The van der Waals surface area contributed by atoms with E-state index in [4.69, 9.17) is 14.2 Å². The smallest absolute Gasteiger partial charge is 0.349 e. The zero-order chi connectivity index (χ0) is 13.4. The minimum absolute atomic E-state index is 0.0424. The summed E-state index contributed by atoms with van der Waals surface area (Å²) in [5.41, 5.74) is 3.14. The standard InChI is InChI=1S/C15H16O4/c1-3-9-4-5-10-11(17-2)6-7-12-14(10)15(9)19-13(16)8-18-12/h6-7H,3-5,8H2,1-2H3. The van der Waals surface area contributed by atoms with Crippen LogP contribution in [0.2, 0.25) is 0 Å². The van der Waals surface area contributed by atoms with Crippen LogP contribution in [0.15, 0.2) is 17.7 Å². The summed E-state index contributed by atoms with van der Waals surface area (Å²) in [5.74, 6) is 1.87. The molecule has 1 aliphatic heterocycles. The van der Waals surface area contributed by atoms with Crippen LogP contribution in [0.3, 0.4) is 0 Å². The molecule has 0 atom stereocenters. The first-order valence-electron chi connectivity index (χ1n) is 6.50. The molecule has 1 heterocycles. The monoisotopic (exact) mass is 260 g/mol. The zero-order valence-corrected chi connectivity index (χ0v) is 11.1. The van der Waals surface area contributed by atoms with Gasteiger partial charge in [-0.1, -0.05) is 6.92 Å². The number of rotatable bonds is 2. The Bertz CT molecular complexity index is 572. The number of carbonyl (C=O) groups is 1. The summed E-state index contributed by atoms with van der Waals surface area (Å²) < 4.78 is 16.4. The second-order valence-electron chi connectivity index (χ2n) is 4.67. The predicted octanol–water partition coefficient (Wildman–Crippen LogP) is 2.70. The minimum atomic E-state index is -0.344. The van der Waals surface area contributed by atoms with Crippen LogP contribution in [0.4, 0.5) is 0 Å². The van der Waals surface area contributed by atoms with Crippen LogP contribution in [0.25, 0.3) is 5.76 Å². The van der Waals surface area contributed by atoms with Crippen LogP contribution >= 0.6 is 0 Å². The third-order valence-corrected chi connectivity index (χ3v) is 3.66. The van der Waals surface area contributed by atoms with Crippen molar-refractivity contribution in [3.05, 3.63) is 28.8 Å². The lowest BCUT2D eigenvalue weighted by molar-refractivity contribution is -0.138. The first-order valence-corrected chi connectivity index (χ1v) is 6.50. The maximum Gasteiger partial charge on any atom is 0.349 e. The summed E-state index contributed by atoms with van der Waals surface area (Å²) in [6.07, 6.45) is 2.66. The van der Waals surface area contributed by atoms with Crippen molar-refractivity contribution in [2.24, 2.45) is 0 Å². The highest BCUT2D eigenvalue weighted by Crippen LogP contribution is 2.44. The van der Waals surface area contributed by atoms with Gasteiger partial charge in [0, 0.05) is 5.56 Å². The summed E-state index contributed by atoms with van der Waals surface area (Å²) in [6, 6.07) is 3.73. The number of benzene rings is 1. The van der Waals surface area contributed by atoms with Gasteiger partial charge in [-0.05, 0) is 37.0 Å². The van der Waals surface area contributed by atoms with Gasteiger partial charge in [-0.2, -0.15) is 0 Å². The number of allylic oxidation sites excluding steroid dienone is 1. The van der Waals surface area contributed by atoms with Gasteiger partial charge in [0.2, 0.25) is 0 Å². The number of hydrogen-bond acceptors (Lipinski definition) is 4. The van der Waals surface area contributed by atoms with Gasteiger partial charge >= 0.3 is 5.97 Å². The maximum absolute atomic E-state index is 11.7. The molecular weight excluding hydrogens is 244 g/mol. The molecule has 2 aliphatic rings. The molecule has 1 aliphatic carbocycles. The average Bonchev–Trinajstić information content (AvgIpc) is 2.60. The molecule has 0 fully saturated rings. The lowest BCUT2D eigenvalue weighted by atomic mass is 9.88. The Balaban J connectivity index is 2.26. The van der Waals surface area contributed by atoms with Crippen molar-refractivity contribution in [3.63, 3.8) is 0 Å². The topological polar surface area (TPSA) is 44.8 Å². The van der Waals surface area contributed by atoms with Crippen molar-refractivity contribution in [1.29, 1.82) is 0 Å². The second kappa shape index (κ2) is 4.61. The fourth-order valence-corrected chi connectivity index (χ4v) is 2.72. The Kier molecular flexibility index (Phi) is 2.93. The van der Waals surface area contributed by atoms with Crippen LogP contribution in [0, 0.1) is 0 Å². The van der Waals surface area contributed by atoms with Gasteiger partial charge < -0.3 is 14.2 Å². The van der Waals surface area contributed by atoms with Crippen LogP contribution in [0.5, 0.6) is 11.5 Å². The molecule has 0 radical (unpaired) electrons. The van der Waals surface area contributed by atoms with E-state index in [0.29, 0.717) is 11.5 Å². The largest absolute Gasteiger partial charge is 0.496 e. The Morgan fingerprint density at radius 1 is 1.32 bits per heavy atom. The lowest BCUT2D eigenvalue weighted by Crippen LogP contribution is -2.12. The Labute approximate surface area is 112 Å². The van der Waals surface area contributed by atoms with Gasteiger partial charge in [0.15, 0.2) is 6.61 Å². The number of hydrogen-bond donors (Lipinski definition) is 0. The summed E-state index contributed by atoms with van der Waals surface area (Å²) >= 11 is 0. The summed E-state index contributed by atoms with van der Waals surface area (Å²) in [7, 11) is 1.65. The Hall–Kier alpha value is -1.97. The van der Waals surface area contributed by atoms with E-state index < -0.39 is 0 Å². The molecule has 4 heteroatoms. The highest BCUT2D eigenvalue weighted by atomic mass is 16.6. The molecule has 1 aromatic rings. The summed E-state index contributed by atoms with van der Waals surface area (Å²) in [4.78, 5) is 11.7. The van der Waals surface area contributed by atoms with E-state index in [9.17, 15) is 4.79 Å². The molecule has 19 heavy (non-hydrogen) atoms. The molecular formula is C15H16O4. The van der Waals surface area contributed by atoms with Crippen LogP contribution in [0.1, 0.15) is 30.9 Å². The highest BCUT2D eigenvalue weighted by molar-refractivity contribution is 5.86. The first kappa shape index (κ1) is 12.1. The van der Waals surface area contributed by atoms with Crippen LogP contribution < -0.4 is 9.47 Å². The van der Waals surface area contributed by atoms with Gasteiger partial charge in [-0.3, -0.25) is 0 Å². The Morgan fingerprint density at radius 3 is 2.89 bits per heavy atom. The van der Waals surface area contributed by atoms with E-state index in [1.807, 2.05) is 12.1 Å². The molecule has 0 unspecified atom stereocenters. The number of esters is 1. The number of carbonyl (C=O) groups excluding carboxylic acids is 1. The fraction of sp³-hybridized carbons (Fsp3) is 0.400. The molecule has 0 saturated heterocycles. The molecule has 0 amide bonds. The molecule has 0 N–H and O–H groups in total. The van der Waals surface area contributed by atoms with E-state index in [-0.39, 0.29) is 12.6 Å². The average molecular weight is 260 g/mol. The predicted molar refractivity (Wildman–Crippen MR) is 70.1 cm³/mol. The quantitative estimate of drug-likeness (QED) is 0.767. The zero-order valence-electron chi connectivity index (χ0n) is 11.1. The molecule has 0 saturated carbocycles. The van der Waals surface area contributed by atoms with Crippen molar-refractivity contribution in [3.8, 4) is 11.5 Å². The van der Waals surface area contributed by atoms with E-state index in [0.717, 1.165) is 36.1 Å². The third kappa shape index (κ3) is 1.87. The van der Waals surface area contributed by atoms with Crippen molar-refractivity contribution in [1.82, 2.24) is 0 Å². The van der Waals surface area contributed by atoms with E-state index in [2.05, 4.69) is 6.92 Å². The molecule has 0 aromatic heterocycles.